The molecule has 5 aromatic rings. The van der Waals surface area contributed by atoms with Crippen LogP contribution in [0.3, 0.4) is 0 Å². The zero-order valence-electron chi connectivity index (χ0n) is 27.6. The maximum Gasteiger partial charge on any atom is 2.00 e. The van der Waals surface area contributed by atoms with Crippen LogP contribution in [0.15, 0.2) is 85.2 Å². The van der Waals surface area contributed by atoms with E-state index in [1.807, 2.05) is 30.6 Å². The largest absolute Gasteiger partial charge is 2.00 e. The number of fused-ring (bicyclic) bond motifs is 3. The van der Waals surface area contributed by atoms with Crippen molar-refractivity contribution in [2.24, 2.45) is 0 Å². The molecule has 0 saturated heterocycles. The monoisotopic (exact) mass is 835 g/mol. The van der Waals surface area contributed by atoms with E-state index in [-0.39, 0.29) is 31.9 Å². The Hall–Kier alpha value is -3.01. The summed E-state index contributed by atoms with van der Waals surface area (Å²) in [5.41, 5.74) is 8.98. The van der Waals surface area contributed by atoms with Gasteiger partial charge < -0.3 is 0 Å². The molecular formula is C40H42GeN2OPt. The predicted octanol–water partition coefficient (Wildman–Crippen LogP) is 9.38. The summed E-state index contributed by atoms with van der Waals surface area (Å²) in [5.74, 6) is 1.38. The van der Waals surface area contributed by atoms with Crippen LogP contribution in [0.25, 0.3) is 33.6 Å². The van der Waals surface area contributed by atoms with Crippen LogP contribution in [-0.4, -0.2) is 23.2 Å². The number of pyridine rings is 2. The van der Waals surface area contributed by atoms with Crippen molar-refractivity contribution in [3.05, 3.63) is 108 Å². The van der Waals surface area contributed by atoms with Gasteiger partial charge in [0, 0.05) is 0 Å². The molecule has 6 rings (SSSR count). The SMILES string of the molecule is C[CH2][Ge]1([CH2]C)[c]2ccccc2-c2c(-c3cc(C(C)(C)C)ccn3)[c-]c(Oc3[c-]c(-c4cc(C(C)(C)C)ccn4)ccc3)c[c]21.[Pt+2]. The summed E-state index contributed by atoms with van der Waals surface area (Å²) in [7, 11) is 0. The summed E-state index contributed by atoms with van der Waals surface area (Å²) in [6.45, 7) is 18.2. The Balaban J connectivity index is 0.00000400. The van der Waals surface area contributed by atoms with Crippen molar-refractivity contribution < 1.29 is 25.8 Å². The minimum atomic E-state index is -2.69. The van der Waals surface area contributed by atoms with E-state index in [2.05, 4.69) is 127 Å². The number of rotatable bonds is 6. The van der Waals surface area contributed by atoms with Crippen LogP contribution in [-0.2, 0) is 31.9 Å². The van der Waals surface area contributed by atoms with Gasteiger partial charge in [-0.25, -0.2) is 0 Å². The molecule has 3 nitrogen and oxygen atoms in total. The average Bonchev–Trinajstić information content (AvgIpc) is 3.30. The summed E-state index contributed by atoms with van der Waals surface area (Å²) in [4.78, 5) is 9.59. The zero-order chi connectivity index (χ0) is 31.3. The number of aromatic nitrogens is 2. The molecule has 0 atom stereocenters. The maximum atomic E-state index is 6.67. The number of nitrogens with zero attached hydrogens (tertiary/aromatic N) is 2. The van der Waals surface area contributed by atoms with Crippen LogP contribution in [0, 0.1) is 12.1 Å². The second-order valence-corrected chi connectivity index (χ2v) is 23.8. The van der Waals surface area contributed by atoms with Gasteiger partial charge in [0.05, 0.1) is 0 Å². The van der Waals surface area contributed by atoms with Crippen LogP contribution < -0.4 is 13.5 Å². The van der Waals surface area contributed by atoms with Crippen molar-refractivity contribution in [3.8, 4) is 45.1 Å². The van der Waals surface area contributed by atoms with E-state index in [0.29, 0.717) is 5.75 Å². The van der Waals surface area contributed by atoms with Crippen LogP contribution in [0.4, 0.5) is 0 Å². The summed E-state index contributed by atoms with van der Waals surface area (Å²) in [6.07, 6.45) is 3.82. The van der Waals surface area contributed by atoms with Gasteiger partial charge in [0.25, 0.3) is 0 Å². The molecule has 0 amide bonds. The Bertz CT molecular complexity index is 1850. The first-order valence-electron chi connectivity index (χ1n) is 15.8. The van der Waals surface area contributed by atoms with Gasteiger partial charge in [-0.15, -0.1) is 0 Å². The van der Waals surface area contributed by atoms with E-state index >= 15 is 0 Å². The van der Waals surface area contributed by atoms with Crippen molar-refractivity contribution in [2.45, 2.75) is 76.7 Å². The second-order valence-electron chi connectivity index (χ2n) is 14.0. The van der Waals surface area contributed by atoms with Gasteiger partial charge in [-0.1, -0.05) is 0 Å². The van der Waals surface area contributed by atoms with Gasteiger partial charge in [0.1, 0.15) is 0 Å². The predicted molar refractivity (Wildman–Crippen MR) is 186 cm³/mol. The van der Waals surface area contributed by atoms with Crippen molar-refractivity contribution in [3.63, 3.8) is 0 Å². The minimum absolute atomic E-state index is 0. The molecule has 45 heavy (non-hydrogen) atoms. The molecule has 0 saturated carbocycles. The molecule has 1 aliphatic rings. The van der Waals surface area contributed by atoms with E-state index in [1.54, 1.807) is 4.40 Å². The summed E-state index contributed by atoms with van der Waals surface area (Å²) in [6, 6.07) is 33.2. The molecule has 1 aliphatic heterocycles. The molecule has 5 heteroatoms. The molecule has 0 bridgehead atoms. The van der Waals surface area contributed by atoms with Gasteiger partial charge in [-0.3, -0.25) is 0 Å². The van der Waals surface area contributed by atoms with E-state index in [9.17, 15) is 0 Å². The third-order valence-corrected chi connectivity index (χ3v) is 20.4. The van der Waals surface area contributed by atoms with Crippen molar-refractivity contribution in [1.82, 2.24) is 9.97 Å². The molecular weight excluding hydrogens is 792 g/mol. The quantitative estimate of drug-likeness (QED) is 0.126. The van der Waals surface area contributed by atoms with E-state index in [4.69, 9.17) is 9.72 Å². The molecule has 3 heterocycles. The molecule has 0 spiro atoms. The number of ether oxygens (including phenoxy) is 1. The molecule has 0 aliphatic carbocycles. The number of benzene rings is 3. The molecule has 232 valence electrons. The second kappa shape index (κ2) is 12.6. The van der Waals surface area contributed by atoms with Gasteiger partial charge >= 0.3 is 288 Å². The summed E-state index contributed by atoms with van der Waals surface area (Å²) in [5, 5.41) is 2.35. The Labute approximate surface area is 286 Å². The first kappa shape index (κ1) is 33.4. The Morgan fingerprint density at radius 3 is 1.93 bits per heavy atom. The van der Waals surface area contributed by atoms with Crippen LogP contribution in [0.1, 0.15) is 66.5 Å². The van der Waals surface area contributed by atoms with Gasteiger partial charge in [0.2, 0.25) is 0 Å². The Morgan fingerprint density at radius 2 is 1.29 bits per heavy atom. The number of hydrogen-bond donors (Lipinski definition) is 0. The van der Waals surface area contributed by atoms with Gasteiger partial charge in [-0.05, 0) is 0 Å². The smallest absolute Gasteiger partial charge is 2.00 e. The van der Waals surface area contributed by atoms with Gasteiger partial charge in [0.15, 0.2) is 0 Å². The first-order valence-corrected chi connectivity index (χ1v) is 20.9. The normalized spacial score (nSPS) is 13.5. The summed E-state index contributed by atoms with van der Waals surface area (Å²) >= 11 is -2.69. The fourth-order valence-corrected chi connectivity index (χ4v) is 16.2. The van der Waals surface area contributed by atoms with E-state index in [0.717, 1.165) is 28.3 Å². The van der Waals surface area contributed by atoms with E-state index < -0.39 is 13.3 Å². The Kier molecular flexibility index (Phi) is 9.38. The van der Waals surface area contributed by atoms with E-state index in [1.165, 1.54) is 37.2 Å². The molecule has 0 radical (unpaired) electrons. The van der Waals surface area contributed by atoms with Crippen LogP contribution in [0.2, 0.25) is 10.5 Å². The average molecular weight is 834 g/mol. The Morgan fingerprint density at radius 1 is 0.667 bits per heavy atom. The molecule has 3 aromatic carbocycles. The molecule has 0 fully saturated rings. The standard InChI is InChI=1S/C40H42GeN2O.Pt/c1-9-41(10-2)34-17-12-11-16-32(34)38-33(37-24-29(19-21-43-37)40(6,7)8)25-31(26-35(38)41)44-30-15-13-14-27(22-30)36-23-28(18-20-42-36)39(3,4)5;/h11-21,23-24,26H,9-10H2,1-8H3;/q-2;+2. The number of hydrogen-bond acceptors (Lipinski definition) is 3. The van der Waals surface area contributed by atoms with Crippen molar-refractivity contribution in [1.29, 1.82) is 0 Å². The minimum Gasteiger partial charge on any atom is 2.00 e. The van der Waals surface area contributed by atoms with Crippen LogP contribution >= 0.6 is 0 Å². The molecule has 2 aromatic heterocycles. The van der Waals surface area contributed by atoms with Crippen molar-refractivity contribution in [2.75, 3.05) is 0 Å². The molecule has 0 N–H and O–H groups in total. The fourth-order valence-electron chi connectivity index (χ4n) is 6.59. The van der Waals surface area contributed by atoms with Gasteiger partial charge in [-0.2, -0.15) is 0 Å². The van der Waals surface area contributed by atoms with Crippen molar-refractivity contribution >= 4 is 22.1 Å². The molecule has 0 unspecified atom stereocenters. The maximum absolute atomic E-state index is 6.67. The zero-order valence-corrected chi connectivity index (χ0v) is 32.0. The first-order chi connectivity index (χ1) is 20.9. The summed E-state index contributed by atoms with van der Waals surface area (Å²) < 4.78 is 9.70. The fraction of sp³-hybridized carbons (Fsp3) is 0.300. The third kappa shape index (κ3) is 6.23. The topological polar surface area (TPSA) is 35.0 Å². The van der Waals surface area contributed by atoms with Crippen LogP contribution in [0.5, 0.6) is 11.5 Å². The third-order valence-electron chi connectivity index (χ3n) is 9.25.